The molecule has 0 bridgehead atoms. The summed E-state index contributed by atoms with van der Waals surface area (Å²) >= 11 is 1.64. The number of thiazole rings is 1. The van der Waals surface area contributed by atoms with Crippen LogP contribution in [0.4, 0.5) is 0 Å². The molecule has 3 heteroatoms. The van der Waals surface area contributed by atoms with Crippen molar-refractivity contribution in [1.29, 1.82) is 0 Å². The zero-order valence-corrected chi connectivity index (χ0v) is 7.73. The molecule has 0 saturated carbocycles. The van der Waals surface area contributed by atoms with Crippen LogP contribution in [0.3, 0.4) is 0 Å². The monoisotopic (exact) mass is 179 g/mol. The predicted octanol–water partition coefficient (Wildman–Crippen LogP) is 1.49. The molecule has 2 rings (SSSR count). The molecule has 1 radical (unpaired) electrons. The van der Waals surface area contributed by atoms with Gasteiger partial charge >= 0.3 is 0 Å². The van der Waals surface area contributed by atoms with E-state index in [1.165, 1.54) is 10.6 Å². The summed E-state index contributed by atoms with van der Waals surface area (Å²) in [7, 11) is 0. The molecule has 1 aromatic rings. The maximum Gasteiger partial charge on any atom is 0.152 e. The molecule has 0 N–H and O–H groups in total. The van der Waals surface area contributed by atoms with Gasteiger partial charge in [0.25, 0.3) is 0 Å². The van der Waals surface area contributed by atoms with Gasteiger partial charge in [0.05, 0.1) is 5.69 Å². The van der Waals surface area contributed by atoms with E-state index in [4.69, 9.17) is 0 Å². The molecular formula is C9H11N2S. The Balaban J connectivity index is 2.09. The van der Waals surface area contributed by atoms with Crippen molar-refractivity contribution in [2.24, 2.45) is 0 Å². The highest BCUT2D eigenvalue weighted by Gasteiger charge is 2.16. The van der Waals surface area contributed by atoms with E-state index in [9.17, 15) is 0 Å². The maximum atomic E-state index is 4.19. The SMILES string of the molecule is C=CCN1CCc2n[c]sc2C1. The van der Waals surface area contributed by atoms with Gasteiger partial charge < -0.3 is 0 Å². The normalized spacial score (nSPS) is 17.3. The Hall–Kier alpha value is -0.670. The fraction of sp³-hybridized carbons (Fsp3) is 0.444. The van der Waals surface area contributed by atoms with Crippen molar-refractivity contribution in [3.63, 3.8) is 0 Å². The zero-order valence-electron chi connectivity index (χ0n) is 6.92. The van der Waals surface area contributed by atoms with Crippen molar-refractivity contribution in [2.75, 3.05) is 13.1 Å². The van der Waals surface area contributed by atoms with Crippen molar-refractivity contribution < 1.29 is 0 Å². The largest absolute Gasteiger partial charge is 0.294 e. The van der Waals surface area contributed by atoms with Gasteiger partial charge in [-0.2, -0.15) is 0 Å². The van der Waals surface area contributed by atoms with Gasteiger partial charge in [0.1, 0.15) is 0 Å². The van der Waals surface area contributed by atoms with Crippen LogP contribution in [0.1, 0.15) is 10.6 Å². The molecule has 0 spiro atoms. The quantitative estimate of drug-likeness (QED) is 0.639. The lowest BCUT2D eigenvalue weighted by Crippen LogP contribution is -2.29. The summed E-state index contributed by atoms with van der Waals surface area (Å²) < 4.78 is 0. The fourth-order valence-corrected chi connectivity index (χ4v) is 2.24. The molecule has 0 atom stereocenters. The number of hydrogen-bond acceptors (Lipinski definition) is 3. The van der Waals surface area contributed by atoms with Crippen molar-refractivity contribution >= 4 is 11.3 Å². The first-order chi connectivity index (χ1) is 5.90. The highest BCUT2D eigenvalue weighted by molar-refractivity contribution is 7.09. The van der Waals surface area contributed by atoms with E-state index in [0.717, 1.165) is 26.1 Å². The summed E-state index contributed by atoms with van der Waals surface area (Å²) in [4.78, 5) is 7.95. The van der Waals surface area contributed by atoms with E-state index in [1.807, 2.05) is 6.08 Å². The van der Waals surface area contributed by atoms with Gasteiger partial charge in [0.15, 0.2) is 5.51 Å². The minimum atomic E-state index is 0.983. The van der Waals surface area contributed by atoms with E-state index >= 15 is 0 Å². The first kappa shape index (κ1) is 7.95. The molecule has 12 heavy (non-hydrogen) atoms. The van der Waals surface area contributed by atoms with Crippen molar-refractivity contribution in [2.45, 2.75) is 13.0 Å². The van der Waals surface area contributed by atoms with Gasteiger partial charge in [0.2, 0.25) is 0 Å². The molecule has 1 aliphatic rings. The van der Waals surface area contributed by atoms with Crippen molar-refractivity contribution in [3.8, 4) is 0 Å². The van der Waals surface area contributed by atoms with Gasteiger partial charge in [-0.15, -0.1) is 17.9 Å². The smallest absolute Gasteiger partial charge is 0.152 e. The minimum absolute atomic E-state index is 0.983. The van der Waals surface area contributed by atoms with Gasteiger partial charge in [-0.25, -0.2) is 4.98 Å². The fourth-order valence-electron chi connectivity index (χ4n) is 1.46. The molecule has 2 nitrogen and oxygen atoms in total. The molecule has 1 aliphatic heterocycles. The molecule has 0 amide bonds. The molecule has 0 unspecified atom stereocenters. The van der Waals surface area contributed by atoms with Crippen LogP contribution >= 0.6 is 11.3 Å². The second-order valence-corrected chi connectivity index (χ2v) is 3.83. The number of aromatic nitrogens is 1. The molecule has 0 aliphatic carbocycles. The topological polar surface area (TPSA) is 16.1 Å². The number of fused-ring (bicyclic) bond motifs is 1. The van der Waals surface area contributed by atoms with E-state index < -0.39 is 0 Å². The molecular weight excluding hydrogens is 168 g/mol. The number of hydrogen-bond donors (Lipinski definition) is 0. The number of nitrogens with zero attached hydrogens (tertiary/aromatic N) is 2. The van der Waals surface area contributed by atoms with E-state index in [2.05, 4.69) is 22.0 Å². The summed E-state index contributed by atoms with van der Waals surface area (Å²) in [6.07, 6.45) is 3.03. The lowest BCUT2D eigenvalue weighted by atomic mass is 10.2. The van der Waals surface area contributed by atoms with Crippen LogP contribution in [0, 0.1) is 5.51 Å². The van der Waals surface area contributed by atoms with Crippen LogP contribution in [0.15, 0.2) is 12.7 Å². The number of rotatable bonds is 2. The lowest BCUT2D eigenvalue weighted by Gasteiger charge is -2.24. The Kier molecular flexibility index (Phi) is 2.23. The van der Waals surface area contributed by atoms with Gasteiger partial charge in [-0.3, -0.25) is 4.90 Å². The van der Waals surface area contributed by atoms with Crippen molar-refractivity contribution in [1.82, 2.24) is 9.88 Å². The summed E-state index contributed by atoms with van der Waals surface area (Å²) in [5, 5.41) is 0. The summed E-state index contributed by atoms with van der Waals surface area (Å²) in [5.74, 6) is 0. The lowest BCUT2D eigenvalue weighted by molar-refractivity contribution is 0.283. The second-order valence-electron chi connectivity index (χ2n) is 2.95. The zero-order chi connectivity index (χ0) is 8.39. The Bertz CT molecular complexity index is 280. The van der Waals surface area contributed by atoms with Crippen LogP contribution in [0.25, 0.3) is 0 Å². The van der Waals surface area contributed by atoms with Crippen molar-refractivity contribution in [3.05, 3.63) is 28.7 Å². The summed E-state index contributed by atoms with van der Waals surface area (Å²) in [5.41, 5.74) is 4.19. The molecule has 63 valence electrons. The summed E-state index contributed by atoms with van der Waals surface area (Å²) in [6.45, 7) is 6.86. The Morgan fingerprint density at radius 2 is 2.67 bits per heavy atom. The Labute approximate surface area is 76.5 Å². The molecule has 0 fully saturated rings. The standard InChI is InChI=1S/C9H11N2S/c1-2-4-11-5-3-8-9(6-11)12-7-10-8/h2H,1,3-6H2. The van der Waals surface area contributed by atoms with Gasteiger partial charge in [-0.05, 0) is 0 Å². The average Bonchev–Trinajstić information content (AvgIpc) is 2.51. The maximum absolute atomic E-state index is 4.19. The third-order valence-electron chi connectivity index (χ3n) is 2.09. The molecule has 0 saturated heterocycles. The Morgan fingerprint density at radius 1 is 1.75 bits per heavy atom. The minimum Gasteiger partial charge on any atom is -0.294 e. The van der Waals surface area contributed by atoms with Crippen LogP contribution in [-0.2, 0) is 13.0 Å². The van der Waals surface area contributed by atoms with Gasteiger partial charge in [0, 0.05) is 30.9 Å². The third kappa shape index (κ3) is 1.42. The van der Waals surface area contributed by atoms with E-state index in [0.29, 0.717) is 0 Å². The van der Waals surface area contributed by atoms with Crippen LogP contribution < -0.4 is 0 Å². The molecule has 1 aromatic heterocycles. The molecule has 0 aromatic carbocycles. The predicted molar refractivity (Wildman–Crippen MR) is 50.1 cm³/mol. The average molecular weight is 179 g/mol. The Morgan fingerprint density at radius 3 is 3.50 bits per heavy atom. The van der Waals surface area contributed by atoms with Crippen LogP contribution in [-0.4, -0.2) is 23.0 Å². The first-order valence-corrected chi connectivity index (χ1v) is 4.89. The highest BCUT2D eigenvalue weighted by Crippen LogP contribution is 2.20. The molecule has 2 heterocycles. The third-order valence-corrected chi connectivity index (χ3v) is 2.88. The summed E-state index contributed by atoms with van der Waals surface area (Å²) in [6, 6.07) is 0. The van der Waals surface area contributed by atoms with Gasteiger partial charge in [-0.1, -0.05) is 6.08 Å². The van der Waals surface area contributed by atoms with Crippen LogP contribution in [0.5, 0.6) is 0 Å². The van der Waals surface area contributed by atoms with Crippen LogP contribution in [0.2, 0.25) is 0 Å². The highest BCUT2D eigenvalue weighted by atomic mass is 32.1. The second kappa shape index (κ2) is 3.37. The first-order valence-electron chi connectivity index (χ1n) is 4.08. The van der Waals surface area contributed by atoms with E-state index in [-0.39, 0.29) is 0 Å². The van der Waals surface area contributed by atoms with E-state index in [1.54, 1.807) is 11.3 Å².